The minimum Gasteiger partial charge on any atom is -0.462 e. The highest BCUT2D eigenvalue weighted by Crippen LogP contribution is 2.16. The van der Waals surface area contributed by atoms with Crippen LogP contribution in [-0.4, -0.2) is 35.8 Å². The van der Waals surface area contributed by atoms with Gasteiger partial charge in [0.1, 0.15) is 0 Å². The molecule has 28 heavy (non-hydrogen) atoms. The van der Waals surface area contributed by atoms with Crippen molar-refractivity contribution in [2.45, 2.75) is 32.7 Å². The Bertz CT molecular complexity index is 844. The molecule has 1 saturated heterocycles. The fourth-order valence-corrected chi connectivity index (χ4v) is 3.02. The molecule has 0 aliphatic carbocycles. The number of carbonyl (C=O) groups is 3. The molecule has 0 bridgehead atoms. The molecule has 0 saturated carbocycles. The largest absolute Gasteiger partial charge is 0.462 e. The first kappa shape index (κ1) is 19.6. The highest BCUT2D eigenvalue weighted by atomic mass is 16.5. The van der Waals surface area contributed by atoms with Crippen LogP contribution in [0.4, 0.5) is 5.69 Å². The molecule has 3 rings (SSSR count). The summed E-state index contributed by atoms with van der Waals surface area (Å²) in [5.74, 6) is -0.416. The molecule has 2 aromatic carbocycles. The van der Waals surface area contributed by atoms with Crippen LogP contribution in [0.2, 0.25) is 0 Å². The van der Waals surface area contributed by atoms with Crippen LogP contribution in [-0.2, 0) is 16.1 Å². The van der Waals surface area contributed by atoms with Crippen LogP contribution in [0.15, 0.2) is 48.5 Å². The van der Waals surface area contributed by atoms with Gasteiger partial charge in [-0.25, -0.2) is 4.79 Å². The Morgan fingerprint density at radius 1 is 1.04 bits per heavy atom. The van der Waals surface area contributed by atoms with Crippen molar-refractivity contribution in [3.8, 4) is 0 Å². The van der Waals surface area contributed by atoms with Gasteiger partial charge in [-0.2, -0.15) is 0 Å². The van der Waals surface area contributed by atoms with E-state index in [1.54, 1.807) is 36.4 Å². The summed E-state index contributed by atoms with van der Waals surface area (Å²) >= 11 is 0. The Morgan fingerprint density at radius 2 is 1.71 bits per heavy atom. The first-order valence-electron chi connectivity index (χ1n) is 9.52. The average Bonchev–Trinajstić information content (AvgIpc) is 3.11. The monoisotopic (exact) mass is 380 g/mol. The first-order chi connectivity index (χ1) is 13.6. The SMILES string of the molecule is CCCOC(=O)c1ccc(NC(=O)c2ccc(CN3CCCC3=O)cc2)cc1. The summed E-state index contributed by atoms with van der Waals surface area (Å²) in [7, 11) is 0. The van der Waals surface area contributed by atoms with Crippen LogP contribution in [0.25, 0.3) is 0 Å². The second-order valence-corrected chi connectivity index (χ2v) is 6.78. The number of likely N-dealkylation sites (tertiary alicyclic amines) is 1. The van der Waals surface area contributed by atoms with Crippen molar-refractivity contribution in [2.75, 3.05) is 18.5 Å². The number of nitrogens with one attached hydrogen (secondary N) is 1. The summed E-state index contributed by atoms with van der Waals surface area (Å²) in [6, 6.07) is 13.8. The average molecular weight is 380 g/mol. The third kappa shape index (κ3) is 4.97. The lowest BCUT2D eigenvalue weighted by atomic mass is 10.1. The van der Waals surface area contributed by atoms with Crippen molar-refractivity contribution in [1.29, 1.82) is 0 Å². The van der Waals surface area contributed by atoms with Crippen molar-refractivity contribution < 1.29 is 19.1 Å². The van der Waals surface area contributed by atoms with Gasteiger partial charge in [-0.1, -0.05) is 19.1 Å². The molecule has 2 aromatic rings. The summed E-state index contributed by atoms with van der Waals surface area (Å²) in [5.41, 5.74) is 2.58. The Hall–Kier alpha value is -3.15. The number of carbonyl (C=O) groups excluding carboxylic acids is 3. The van der Waals surface area contributed by atoms with E-state index in [0.29, 0.717) is 36.4 Å². The third-order valence-electron chi connectivity index (χ3n) is 4.58. The molecule has 0 atom stereocenters. The van der Waals surface area contributed by atoms with Crippen molar-refractivity contribution >= 4 is 23.5 Å². The van der Waals surface area contributed by atoms with Gasteiger partial charge in [0, 0.05) is 30.8 Å². The fraction of sp³-hybridized carbons (Fsp3) is 0.318. The second-order valence-electron chi connectivity index (χ2n) is 6.78. The number of esters is 1. The molecule has 0 aromatic heterocycles. The summed E-state index contributed by atoms with van der Waals surface area (Å²) < 4.78 is 5.08. The summed E-state index contributed by atoms with van der Waals surface area (Å²) in [6.07, 6.45) is 2.30. The number of hydrogen-bond donors (Lipinski definition) is 1. The van der Waals surface area contributed by atoms with E-state index in [1.165, 1.54) is 0 Å². The van der Waals surface area contributed by atoms with Crippen LogP contribution in [0.5, 0.6) is 0 Å². The minimum absolute atomic E-state index is 0.184. The highest BCUT2D eigenvalue weighted by Gasteiger charge is 2.20. The molecule has 1 N–H and O–H groups in total. The Balaban J connectivity index is 1.56. The van der Waals surface area contributed by atoms with Crippen molar-refractivity contribution in [2.24, 2.45) is 0 Å². The highest BCUT2D eigenvalue weighted by molar-refractivity contribution is 6.04. The normalized spacial score (nSPS) is 13.5. The zero-order valence-electron chi connectivity index (χ0n) is 15.9. The predicted octanol–water partition coefficient (Wildman–Crippen LogP) is 3.63. The minimum atomic E-state index is -0.369. The van der Waals surface area contributed by atoms with E-state index < -0.39 is 0 Å². The molecule has 0 radical (unpaired) electrons. The Labute approximate surface area is 164 Å². The first-order valence-corrected chi connectivity index (χ1v) is 9.52. The topological polar surface area (TPSA) is 75.7 Å². The van der Waals surface area contributed by atoms with Crippen molar-refractivity contribution in [1.82, 2.24) is 4.90 Å². The number of hydrogen-bond acceptors (Lipinski definition) is 4. The van der Waals surface area contributed by atoms with Gasteiger partial charge >= 0.3 is 5.97 Å². The number of anilines is 1. The number of nitrogens with zero attached hydrogens (tertiary/aromatic N) is 1. The van der Waals surface area contributed by atoms with Crippen LogP contribution in [0, 0.1) is 0 Å². The molecule has 1 fully saturated rings. The molecular formula is C22H24N2O4. The lowest BCUT2D eigenvalue weighted by Gasteiger charge is -2.15. The summed E-state index contributed by atoms with van der Waals surface area (Å²) in [4.78, 5) is 37.8. The van der Waals surface area contributed by atoms with E-state index in [1.807, 2.05) is 24.0 Å². The van der Waals surface area contributed by atoms with E-state index in [-0.39, 0.29) is 17.8 Å². The van der Waals surface area contributed by atoms with Gasteiger partial charge in [0.05, 0.1) is 12.2 Å². The molecule has 0 unspecified atom stereocenters. The third-order valence-corrected chi connectivity index (χ3v) is 4.58. The smallest absolute Gasteiger partial charge is 0.338 e. The van der Waals surface area contributed by atoms with Crippen LogP contribution >= 0.6 is 0 Å². The van der Waals surface area contributed by atoms with Gasteiger partial charge < -0.3 is 15.0 Å². The van der Waals surface area contributed by atoms with E-state index in [9.17, 15) is 14.4 Å². The molecule has 6 nitrogen and oxygen atoms in total. The molecule has 0 spiro atoms. The molecule has 146 valence electrons. The number of ether oxygens (including phenoxy) is 1. The maximum absolute atomic E-state index is 12.4. The van der Waals surface area contributed by atoms with Crippen molar-refractivity contribution in [3.05, 3.63) is 65.2 Å². The van der Waals surface area contributed by atoms with Crippen LogP contribution in [0.1, 0.15) is 52.5 Å². The number of rotatable bonds is 7. The Kier molecular flexibility index (Phi) is 6.42. The molecule has 1 aliphatic heterocycles. The van der Waals surface area contributed by atoms with E-state index in [0.717, 1.165) is 24.9 Å². The summed E-state index contributed by atoms with van der Waals surface area (Å²) in [5, 5.41) is 2.81. The van der Waals surface area contributed by atoms with Gasteiger partial charge in [0.2, 0.25) is 5.91 Å². The second kappa shape index (κ2) is 9.17. The molecule has 1 heterocycles. The van der Waals surface area contributed by atoms with Gasteiger partial charge in [-0.15, -0.1) is 0 Å². The van der Waals surface area contributed by atoms with E-state index in [4.69, 9.17) is 4.74 Å². The zero-order valence-corrected chi connectivity index (χ0v) is 15.9. The van der Waals surface area contributed by atoms with Crippen LogP contribution < -0.4 is 5.32 Å². The van der Waals surface area contributed by atoms with Gasteiger partial charge in [-0.05, 0) is 54.8 Å². The fourth-order valence-electron chi connectivity index (χ4n) is 3.02. The summed E-state index contributed by atoms with van der Waals surface area (Å²) in [6.45, 7) is 3.70. The lowest BCUT2D eigenvalue weighted by Crippen LogP contribution is -2.23. The standard InChI is InChI=1S/C22H24N2O4/c1-2-14-28-22(27)18-9-11-19(12-10-18)23-21(26)17-7-5-16(6-8-17)15-24-13-3-4-20(24)25/h5-12H,2-4,13-15H2,1H3,(H,23,26). The lowest BCUT2D eigenvalue weighted by molar-refractivity contribution is -0.128. The van der Waals surface area contributed by atoms with Gasteiger partial charge in [0.25, 0.3) is 5.91 Å². The maximum atomic E-state index is 12.4. The quantitative estimate of drug-likeness (QED) is 0.744. The zero-order chi connectivity index (χ0) is 19.9. The molecule has 6 heteroatoms. The maximum Gasteiger partial charge on any atom is 0.338 e. The van der Waals surface area contributed by atoms with Crippen molar-refractivity contribution in [3.63, 3.8) is 0 Å². The molecule has 2 amide bonds. The van der Waals surface area contributed by atoms with Gasteiger partial charge in [-0.3, -0.25) is 9.59 Å². The van der Waals surface area contributed by atoms with E-state index in [2.05, 4.69) is 5.32 Å². The Morgan fingerprint density at radius 3 is 2.32 bits per heavy atom. The van der Waals surface area contributed by atoms with Gasteiger partial charge in [0.15, 0.2) is 0 Å². The molecule has 1 aliphatic rings. The van der Waals surface area contributed by atoms with Crippen LogP contribution in [0.3, 0.4) is 0 Å². The number of amides is 2. The number of benzene rings is 2. The predicted molar refractivity (Wildman–Crippen MR) is 106 cm³/mol. The van der Waals surface area contributed by atoms with E-state index >= 15 is 0 Å². The molecular weight excluding hydrogens is 356 g/mol.